The molecule has 0 saturated carbocycles. The van der Waals surface area contributed by atoms with Crippen LogP contribution in [-0.4, -0.2) is 51.4 Å². The molecule has 3 heterocycles. The van der Waals surface area contributed by atoms with Crippen LogP contribution in [0, 0.1) is 0 Å². The van der Waals surface area contributed by atoms with E-state index in [2.05, 4.69) is 4.98 Å². The molecule has 7 heteroatoms. The third kappa shape index (κ3) is 3.52. The van der Waals surface area contributed by atoms with Crippen molar-refractivity contribution < 1.29 is 9.53 Å². The lowest BCUT2D eigenvalue weighted by atomic mass is 10.1. The van der Waals surface area contributed by atoms with Crippen molar-refractivity contribution in [1.29, 1.82) is 0 Å². The zero-order valence-electron chi connectivity index (χ0n) is 14.7. The van der Waals surface area contributed by atoms with Crippen LogP contribution in [0.2, 0.25) is 0 Å². The van der Waals surface area contributed by atoms with Crippen LogP contribution in [0.3, 0.4) is 0 Å². The van der Waals surface area contributed by atoms with Gasteiger partial charge in [-0.25, -0.2) is 4.98 Å². The number of hydrogen-bond acceptors (Lipinski definition) is 5. The second kappa shape index (κ2) is 6.88. The largest absolute Gasteiger partial charge is 0.372 e. The topological polar surface area (TPSA) is 64.4 Å². The van der Waals surface area contributed by atoms with Crippen molar-refractivity contribution in [2.75, 3.05) is 18.8 Å². The number of morpholine rings is 1. The van der Waals surface area contributed by atoms with Crippen LogP contribution in [0.1, 0.15) is 51.8 Å². The minimum absolute atomic E-state index is 0.0461. The highest BCUT2D eigenvalue weighted by atomic mass is 32.2. The summed E-state index contributed by atoms with van der Waals surface area (Å²) >= 11 is 1.57. The number of nitrogens with zero attached hydrogens (tertiary/aromatic N) is 3. The molecule has 3 rings (SSSR count). The van der Waals surface area contributed by atoms with Gasteiger partial charge in [-0.05, 0) is 19.8 Å². The molecule has 0 radical (unpaired) electrons. The number of hydrogen-bond donors (Lipinski definition) is 0. The fraction of sp³-hybridized carbons (Fsp3) is 0.706. The van der Waals surface area contributed by atoms with E-state index in [-0.39, 0.29) is 35.6 Å². The molecule has 0 unspecified atom stereocenters. The van der Waals surface area contributed by atoms with Gasteiger partial charge in [0.2, 0.25) is 5.91 Å². The SMILES string of the molecule is CC(C)c1cc(=O)n2c(n1)SC[C@H]2CC(=O)N1C[C@@H](C)O[C@@H](C)C1. The van der Waals surface area contributed by atoms with E-state index in [1.165, 1.54) is 0 Å². The fourth-order valence-electron chi connectivity index (χ4n) is 3.33. The Balaban J connectivity index is 1.75. The highest BCUT2D eigenvalue weighted by molar-refractivity contribution is 7.99. The molecule has 24 heavy (non-hydrogen) atoms. The Morgan fingerprint density at radius 3 is 2.67 bits per heavy atom. The zero-order chi connectivity index (χ0) is 17.4. The quantitative estimate of drug-likeness (QED) is 0.780. The van der Waals surface area contributed by atoms with E-state index in [4.69, 9.17) is 4.74 Å². The maximum atomic E-state index is 12.7. The maximum absolute atomic E-state index is 12.7. The molecule has 3 atom stereocenters. The first-order chi connectivity index (χ1) is 11.3. The number of carbonyl (C=O) groups excluding carboxylic acids is 1. The summed E-state index contributed by atoms with van der Waals surface area (Å²) < 4.78 is 7.38. The summed E-state index contributed by atoms with van der Waals surface area (Å²) in [6, 6.07) is 1.50. The molecule has 1 saturated heterocycles. The van der Waals surface area contributed by atoms with E-state index >= 15 is 0 Å². The summed E-state index contributed by atoms with van der Waals surface area (Å²) in [5.41, 5.74) is 0.775. The first-order valence-corrected chi connectivity index (χ1v) is 9.53. The van der Waals surface area contributed by atoms with E-state index in [0.29, 0.717) is 19.5 Å². The third-order valence-corrected chi connectivity index (χ3v) is 5.58. The minimum atomic E-state index is -0.104. The van der Waals surface area contributed by atoms with Crippen molar-refractivity contribution in [1.82, 2.24) is 14.5 Å². The molecular formula is C17H25N3O3S. The fourth-order valence-corrected chi connectivity index (χ4v) is 4.48. The zero-order valence-corrected chi connectivity index (χ0v) is 15.5. The van der Waals surface area contributed by atoms with Crippen LogP contribution in [0.4, 0.5) is 0 Å². The van der Waals surface area contributed by atoms with E-state index in [0.717, 1.165) is 16.6 Å². The summed E-state index contributed by atoms with van der Waals surface area (Å²) in [7, 11) is 0. The molecule has 1 amide bonds. The van der Waals surface area contributed by atoms with Crippen molar-refractivity contribution >= 4 is 17.7 Å². The average Bonchev–Trinajstić information content (AvgIpc) is 2.89. The van der Waals surface area contributed by atoms with Gasteiger partial charge in [-0.2, -0.15) is 0 Å². The van der Waals surface area contributed by atoms with Crippen LogP contribution in [0.15, 0.2) is 16.0 Å². The summed E-state index contributed by atoms with van der Waals surface area (Å²) in [4.78, 5) is 31.6. The van der Waals surface area contributed by atoms with Crippen molar-refractivity contribution in [3.63, 3.8) is 0 Å². The average molecular weight is 351 g/mol. The molecule has 2 aliphatic rings. The van der Waals surface area contributed by atoms with Crippen LogP contribution in [-0.2, 0) is 9.53 Å². The second-order valence-electron chi connectivity index (χ2n) is 7.05. The van der Waals surface area contributed by atoms with Crippen LogP contribution >= 0.6 is 11.8 Å². The molecule has 1 aromatic heterocycles. The first-order valence-electron chi connectivity index (χ1n) is 8.54. The normalized spacial score (nSPS) is 26.7. The lowest BCUT2D eigenvalue weighted by molar-refractivity contribution is -0.143. The van der Waals surface area contributed by atoms with Gasteiger partial charge in [-0.15, -0.1) is 0 Å². The Kier molecular flexibility index (Phi) is 5.01. The highest BCUT2D eigenvalue weighted by Gasteiger charge is 2.32. The van der Waals surface area contributed by atoms with Gasteiger partial charge < -0.3 is 9.64 Å². The molecule has 0 aromatic carbocycles. The Hall–Kier alpha value is -1.34. The lowest BCUT2D eigenvalue weighted by Crippen LogP contribution is -2.48. The maximum Gasteiger partial charge on any atom is 0.254 e. The number of aromatic nitrogens is 2. The van der Waals surface area contributed by atoms with Gasteiger partial charge in [0.15, 0.2) is 5.16 Å². The summed E-state index contributed by atoms with van der Waals surface area (Å²) in [5.74, 6) is 1.04. The minimum Gasteiger partial charge on any atom is -0.372 e. The molecule has 132 valence electrons. The molecule has 0 bridgehead atoms. The number of thioether (sulfide) groups is 1. The summed E-state index contributed by atoms with van der Waals surface area (Å²) in [5, 5.41) is 0.743. The smallest absolute Gasteiger partial charge is 0.254 e. The lowest BCUT2D eigenvalue weighted by Gasteiger charge is -2.35. The highest BCUT2D eigenvalue weighted by Crippen LogP contribution is 2.33. The van der Waals surface area contributed by atoms with E-state index in [1.54, 1.807) is 22.4 Å². The molecule has 6 nitrogen and oxygen atoms in total. The number of ether oxygens (including phenoxy) is 1. The van der Waals surface area contributed by atoms with Crippen molar-refractivity contribution in [3.05, 3.63) is 22.1 Å². The number of fused-ring (bicyclic) bond motifs is 1. The third-order valence-electron chi connectivity index (χ3n) is 4.48. The standard InChI is InChI=1S/C17H25N3O3S/c1-10(2)14-6-16(22)20-13(9-24-17(20)18-14)5-15(21)19-7-11(3)23-12(4)8-19/h6,10-13H,5,7-9H2,1-4H3/t11-,12+,13-/m1/s1. The van der Waals surface area contributed by atoms with Gasteiger partial charge in [0.05, 0.1) is 23.9 Å². The Morgan fingerprint density at radius 1 is 1.38 bits per heavy atom. The van der Waals surface area contributed by atoms with Gasteiger partial charge in [0.1, 0.15) is 0 Å². The number of rotatable bonds is 3. The molecule has 0 aliphatic carbocycles. The van der Waals surface area contributed by atoms with Crippen LogP contribution < -0.4 is 5.56 Å². The molecule has 0 spiro atoms. The Morgan fingerprint density at radius 2 is 2.04 bits per heavy atom. The number of carbonyl (C=O) groups is 1. The second-order valence-corrected chi connectivity index (χ2v) is 8.04. The van der Waals surface area contributed by atoms with Gasteiger partial charge in [0, 0.05) is 31.3 Å². The number of amides is 1. The van der Waals surface area contributed by atoms with Gasteiger partial charge in [0.25, 0.3) is 5.56 Å². The van der Waals surface area contributed by atoms with Gasteiger partial charge in [-0.3, -0.25) is 14.2 Å². The molecule has 2 aliphatic heterocycles. The molecular weight excluding hydrogens is 326 g/mol. The molecule has 1 fully saturated rings. The molecule has 0 N–H and O–H groups in total. The predicted octanol–water partition coefficient (Wildman–Crippen LogP) is 2.04. The van der Waals surface area contributed by atoms with E-state index in [9.17, 15) is 9.59 Å². The van der Waals surface area contributed by atoms with Crippen LogP contribution in [0.25, 0.3) is 0 Å². The van der Waals surface area contributed by atoms with Gasteiger partial charge >= 0.3 is 0 Å². The van der Waals surface area contributed by atoms with Crippen LogP contribution in [0.5, 0.6) is 0 Å². The predicted molar refractivity (Wildman–Crippen MR) is 93.6 cm³/mol. The summed E-state index contributed by atoms with van der Waals surface area (Å²) in [6.45, 7) is 9.27. The Labute approximate surface area is 146 Å². The van der Waals surface area contributed by atoms with Gasteiger partial charge in [-0.1, -0.05) is 25.6 Å². The monoisotopic (exact) mass is 351 g/mol. The van der Waals surface area contributed by atoms with Crippen molar-refractivity contribution in [3.8, 4) is 0 Å². The first kappa shape index (κ1) is 17.5. The van der Waals surface area contributed by atoms with Crippen molar-refractivity contribution in [2.24, 2.45) is 0 Å². The van der Waals surface area contributed by atoms with E-state index in [1.807, 2.05) is 32.6 Å². The van der Waals surface area contributed by atoms with E-state index < -0.39 is 0 Å². The Bertz CT molecular complexity index is 678. The summed E-state index contributed by atoms with van der Waals surface area (Å²) in [6.07, 6.45) is 0.462. The molecule has 1 aromatic rings. The van der Waals surface area contributed by atoms with Crippen molar-refractivity contribution in [2.45, 2.75) is 63.4 Å².